The molecule has 2 aromatic rings. The maximum atomic E-state index is 12.7. The van der Waals surface area contributed by atoms with Crippen LogP contribution in [0.4, 0.5) is 18.9 Å². The number of carbonyl (C=O) groups is 1. The highest BCUT2D eigenvalue weighted by Gasteiger charge is 2.32. The van der Waals surface area contributed by atoms with Gasteiger partial charge < -0.3 is 5.32 Å². The topological polar surface area (TPSA) is 82.9 Å². The summed E-state index contributed by atoms with van der Waals surface area (Å²) in [5.74, 6) is -0.900. The minimum atomic E-state index is -4.66. The van der Waals surface area contributed by atoms with E-state index in [2.05, 4.69) is 10.3 Å². The third-order valence-electron chi connectivity index (χ3n) is 2.95. The average molecular weight is 378 g/mol. The third kappa shape index (κ3) is 4.24. The molecule has 0 aliphatic carbocycles. The minimum absolute atomic E-state index is 0.174. The lowest BCUT2D eigenvalue weighted by Crippen LogP contribution is -2.15. The quantitative estimate of drug-likeness (QED) is 0.792. The second-order valence-electron chi connectivity index (χ2n) is 4.89. The van der Waals surface area contributed by atoms with Crippen molar-refractivity contribution in [3.63, 3.8) is 0 Å². The number of anilines is 1. The molecule has 1 amide bonds. The van der Waals surface area contributed by atoms with Gasteiger partial charge in [0.15, 0.2) is 0 Å². The van der Waals surface area contributed by atoms with Crippen molar-refractivity contribution in [1.82, 2.24) is 4.98 Å². The Morgan fingerprint density at radius 2 is 2.00 bits per heavy atom. The van der Waals surface area contributed by atoms with Gasteiger partial charge in [0, 0.05) is 23.0 Å². The standard InChI is InChI=1S/C14H11ClF3N3O2S/c1-24(19,23)10-4-2-3-9(6-10)21-13(22)11-5-8(14(16,17)18)7-20-12(11)15/h2-7,19H,1H3,(H,21,22). The molecular weight excluding hydrogens is 367 g/mol. The molecule has 0 saturated heterocycles. The van der Waals surface area contributed by atoms with Crippen molar-refractivity contribution in [2.24, 2.45) is 0 Å². The molecule has 0 aliphatic heterocycles. The summed E-state index contributed by atoms with van der Waals surface area (Å²) < 4.78 is 57.3. The van der Waals surface area contributed by atoms with Gasteiger partial charge in [-0.25, -0.2) is 14.0 Å². The maximum Gasteiger partial charge on any atom is 0.417 e. The first-order valence-electron chi connectivity index (χ1n) is 6.36. The number of hydrogen-bond donors (Lipinski definition) is 2. The number of pyridine rings is 1. The summed E-state index contributed by atoms with van der Waals surface area (Å²) in [6.07, 6.45) is -2.92. The summed E-state index contributed by atoms with van der Waals surface area (Å²) in [4.78, 5) is 15.7. The number of amides is 1. The van der Waals surface area contributed by atoms with Gasteiger partial charge in [0.05, 0.1) is 20.9 Å². The van der Waals surface area contributed by atoms with Gasteiger partial charge in [-0.15, -0.1) is 0 Å². The Morgan fingerprint density at radius 1 is 1.33 bits per heavy atom. The van der Waals surface area contributed by atoms with Gasteiger partial charge in [-0.2, -0.15) is 13.2 Å². The molecule has 2 N–H and O–H groups in total. The number of halogens is 4. The van der Waals surface area contributed by atoms with Crippen LogP contribution in [0.3, 0.4) is 0 Å². The van der Waals surface area contributed by atoms with Gasteiger partial charge in [-0.3, -0.25) is 4.79 Å². The summed E-state index contributed by atoms with van der Waals surface area (Å²) in [6, 6.07) is 6.27. The molecule has 1 aromatic heterocycles. The van der Waals surface area contributed by atoms with E-state index >= 15 is 0 Å². The number of rotatable bonds is 3. The Kier molecular flexibility index (Phi) is 4.86. The second-order valence-corrected chi connectivity index (χ2v) is 7.40. The van der Waals surface area contributed by atoms with Crippen LogP contribution in [0.5, 0.6) is 0 Å². The Hall–Kier alpha value is -2.13. The van der Waals surface area contributed by atoms with E-state index in [1.54, 1.807) is 0 Å². The molecule has 5 nitrogen and oxygen atoms in total. The molecule has 24 heavy (non-hydrogen) atoms. The summed E-state index contributed by atoms with van der Waals surface area (Å²) in [6.45, 7) is 0. The average Bonchev–Trinajstić information content (AvgIpc) is 2.45. The van der Waals surface area contributed by atoms with Crippen molar-refractivity contribution in [2.75, 3.05) is 11.6 Å². The summed E-state index contributed by atoms with van der Waals surface area (Å²) in [5.41, 5.74) is -1.37. The fourth-order valence-corrected chi connectivity index (χ4v) is 2.66. The van der Waals surface area contributed by atoms with Crippen molar-refractivity contribution in [3.8, 4) is 0 Å². The molecule has 0 radical (unpaired) electrons. The van der Waals surface area contributed by atoms with Crippen molar-refractivity contribution in [1.29, 1.82) is 4.78 Å². The first-order valence-corrected chi connectivity index (χ1v) is 8.71. The number of hydrogen-bond acceptors (Lipinski definition) is 4. The molecule has 0 aliphatic rings. The van der Waals surface area contributed by atoms with Gasteiger partial charge in [0.2, 0.25) is 0 Å². The largest absolute Gasteiger partial charge is 0.417 e. The molecule has 1 atom stereocenters. The molecule has 0 saturated carbocycles. The predicted molar refractivity (Wildman–Crippen MR) is 83.7 cm³/mol. The monoisotopic (exact) mass is 377 g/mol. The fraction of sp³-hybridized carbons (Fsp3) is 0.143. The van der Waals surface area contributed by atoms with Crippen molar-refractivity contribution in [3.05, 3.63) is 52.8 Å². The molecule has 2 rings (SSSR count). The summed E-state index contributed by atoms with van der Waals surface area (Å²) >= 11 is 5.70. The van der Waals surface area contributed by atoms with Gasteiger partial charge in [-0.1, -0.05) is 17.7 Å². The first kappa shape index (κ1) is 18.2. The Labute approximate surface area is 140 Å². The maximum absolute atomic E-state index is 12.7. The van der Waals surface area contributed by atoms with E-state index in [1.807, 2.05) is 0 Å². The van der Waals surface area contributed by atoms with E-state index in [9.17, 15) is 22.2 Å². The van der Waals surface area contributed by atoms with E-state index in [0.717, 1.165) is 0 Å². The van der Waals surface area contributed by atoms with Crippen LogP contribution in [0.25, 0.3) is 0 Å². The lowest BCUT2D eigenvalue weighted by molar-refractivity contribution is -0.137. The van der Waals surface area contributed by atoms with Crippen LogP contribution in [0.15, 0.2) is 41.4 Å². The minimum Gasteiger partial charge on any atom is -0.322 e. The highest BCUT2D eigenvalue weighted by Crippen LogP contribution is 2.31. The van der Waals surface area contributed by atoms with Crippen LogP contribution >= 0.6 is 11.6 Å². The summed E-state index contributed by atoms with van der Waals surface area (Å²) in [5, 5.41) is 1.97. The van der Waals surface area contributed by atoms with Crippen LogP contribution in [0, 0.1) is 4.78 Å². The molecule has 10 heteroatoms. The molecular formula is C14H11ClF3N3O2S. The number of nitrogens with zero attached hydrogens (tertiary/aromatic N) is 1. The van der Waals surface area contributed by atoms with Crippen LogP contribution in [-0.2, 0) is 15.9 Å². The molecule has 0 fully saturated rings. The molecule has 0 bridgehead atoms. The normalized spacial score (nSPS) is 14.0. The predicted octanol–water partition coefficient (Wildman–Crippen LogP) is 4.04. The number of aromatic nitrogens is 1. The zero-order valence-electron chi connectivity index (χ0n) is 12.1. The highest BCUT2D eigenvalue weighted by molar-refractivity contribution is 7.91. The van der Waals surface area contributed by atoms with Crippen molar-refractivity contribution < 1.29 is 22.2 Å². The van der Waals surface area contributed by atoms with Gasteiger partial charge >= 0.3 is 6.18 Å². The van der Waals surface area contributed by atoms with E-state index < -0.39 is 32.9 Å². The van der Waals surface area contributed by atoms with E-state index in [4.69, 9.17) is 16.4 Å². The molecule has 1 unspecified atom stereocenters. The molecule has 0 spiro atoms. The van der Waals surface area contributed by atoms with Crippen molar-refractivity contribution >= 4 is 32.9 Å². The number of nitrogens with one attached hydrogen (secondary N) is 2. The zero-order chi connectivity index (χ0) is 18.1. The lowest BCUT2D eigenvalue weighted by Gasteiger charge is -2.11. The van der Waals surface area contributed by atoms with Gasteiger partial charge in [0.25, 0.3) is 5.91 Å². The van der Waals surface area contributed by atoms with Gasteiger partial charge in [0.1, 0.15) is 5.15 Å². The van der Waals surface area contributed by atoms with Crippen LogP contribution < -0.4 is 5.32 Å². The zero-order valence-corrected chi connectivity index (χ0v) is 13.7. The SMILES string of the molecule is CS(=N)(=O)c1cccc(NC(=O)c2cc(C(F)(F)F)cnc2Cl)c1. The Balaban J connectivity index is 2.34. The van der Waals surface area contributed by atoms with E-state index in [0.29, 0.717) is 12.3 Å². The number of alkyl halides is 3. The molecule has 1 aromatic carbocycles. The number of benzene rings is 1. The number of carbonyl (C=O) groups excluding carboxylic acids is 1. The third-order valence-corrected chi connectivity index (χ3v) is 4.41. The summed E-state index contributed by atoms with van der Waals surface area (Å²) in [7, 11) is -3.00. The fourth-order valence-electron chi connectivity index (χ4n) is 1.78. The van der Waals surface area contributed by atoms with Crippen LogP contribution in [-0.4, -0.2) is 21.4 Å². The highest BCUT2D eigenvalue weighted by atomic mass is 35.5. The van der Waals surface area contributed by atoms with Crippen LogP contribution in [0.2, 0.25) is 5.15 Å². The lowest BCUT2D eigenvalue weighted by atomic mass is 10.2. The second kappa shape index (κ2) is 6.40. The molecule has 1 heterocycles. The van der Waals surface area contributed by atoms with Gasteiger partial charge in [-0.05, 0) is 24.3 Å². The van der Waals surface area contributed by atoms with E-state index in [1.165, 1.54) is 30.5 Å². The smallest absolute Gasteiger partial charge is 0.322 e. The Bertz CT molecular complexity index is 898. The van der Waals surface area contributed by atoms with E-state index in [-0.39, 0.29) is 15.7 Å². The first-order chi connectivity index (χ1) is 11.0. The Morgan fingerprint density at radius 3 is 2.58 bits per heavy atom. The van der Waals surface area contributed by atoms with Crippen LogP contribution in [0.1, 0.15) is 15.9 Å². The molecule has 128 valence electrons. The van der Waals surface area contributed by atoms with Crippen molar-refractivity contribution in [2.45, 2.75) is 11.1 Å².